The third kappa shape index (κ3) is 2.79. The van der Waals surface area contributed by atoms with Gasteiger partial charge in [-0.25, -0.2) is 4.79 Å². The van der Waals surface area contributed by atoms with Crippen LogP contribution in [-0.2, 0) is 11.3 Å². The molecule has 1 aromatic carbocycles. The van der Waals surface area contributed by atoms with Gasteiger partial charge in [0.1, 0.15) is 6.61 Å². The molecule has 0 aromatic heterocycles. The molecule has 88 valence electrons. The number of nitrogens with zero attached hydrogens (tertiary/aromatic N) is 1. The summed E-state index contributed by atoms with van der Waals surface area (Å²) in [5, 5.41) is 0. The van der Waals surface area contributed by atoms with Crippen molar-refractivity contribution in [3.8, 4) is 12.3 Å². The van der Waals surface area contributed by atoms with Gasteiger partial charge in [0.15, 0.2) is 0 Å². The number of hydrogen-bond donors (Lipinski definition) is 0. The lowest BCUT2D eigenvalue weighted by molar-refractivity contribution is 0.0984. The van der Waals surface area contributed by atoms with Crippen LogP contribution in [0.15, 0.2) is 30.3 Å². The van der Waals surface area contributed by atoms with E-state index in [4.69, 9.17) is 11.2 Å². The third-order valence-electron chi connectivity index (χ3n) is 2.88. The van der Waals surface area contributed by atoms with Crippen molar-refractivity contribution in [2.45, 2.75) is 25.5 Å². The highest BCUT2D eigenvalue weighted by Crippen LogP contribution is 2.17. The van der Waals surface area contributed by atoms with Gasteiger partial charge in [-0.3, -0.25) is 4.90 Å². The summed E-state index contributed by atoms with van der Waals surface area (Å²) in [4.78, 5) is 13.4. The van der Waals surface area contributed by atoms with Crippen LogP contribution in [0, 0.1) is 12.3 Å². The van der Waals surface area contributed by atoms with Crippen LogP contribution in [0.1, 0.15) is 18.4 Å². The predicted molar refractivity (Wildman–Crippen MR) is 65.2 cm³/mol. The Morgan fingerprint density at radius 3 is 2.94 bits per heavy atom. The van der Waals surface area contributed by atoms with Crippen molar-refractivity contribution in [2.75, 3.05) is 6.54 Å². The number of carbonyl (C=O) groups excluding carboxylic acids is 1. The monoisotopic (exact) mass is 229 g/mol. The minimum Gasteiger partial charge on any atom is -0.445 e. The first-order valence-corrected chi connectivity index (χ1v) is 5.74. The average molecular weight is 229 g/mol. The number of hydrogen-bond acceptors (Lipinski definition) is 2. The maximum atomic E-state index is 11.8. The van der Waals surface area contributed by atoms with Gasteiger partial charge in [-0.1, -0.05) is 36.3 Å². The van der Waals surface area contributed by atoms with Crippen molar-refractivity contribution in [1.29, 1.82) is 0 Å². The SMILES string of the molecule is C#CC1CCCN1C(=O)OCc1ccccc1. The van der Waals surface area contributed by atoms with Crippen LogP contribution < -0.4 is 0 Å². The molecule has 1 heterocycles. The standard InChI is InChI=1S/C14H15NO2/c1-2-13-9-6-10-15(13)14(16)17-11-12-7-4-3-5-8-12/h1,3-5,7-8,13H,6,9-11H2. The Kier molecular flexibility index (Phi) is 3.66. The largest absolute Gasteiger partial charge is 0.445 e. The van der Waals surface area contributed by atoms with Crippen molar-refractivity contribution in [3.05, 3.63) is 35.9 Å². The van der Waals surface area contributed by atoms with Gasteiger partial charge in [0, 0.05) is 6.54 Å². The Balaban J connectivity index is 1.88. The summed E-state index contributed by atoms with van der Waals surface area (Å²) in [6.45, 7) is 0.996. The summed E-state index contributed by atoms with van der Waals surface area (Å²) < 4.78 is 5.24. The highest BCUT2D eigenvalue weighted by molar-refractivity contribution is 5.69. The lowest BCUT2D eigenvalue weighted by Crippen LogP contribution is -2.34. The number of rotatable bonds is 2. The second kappa shape index (κ2) is 5.40. The van der Waals surface area contributed by atoms with E-state index in [0.717, 1.165) is 18.4 Å². The van der Waals surface area contributed by atoms with Crippen LogP contribution in [0.5, 0.6) is 0 Å². The second-order valence-electron chi connectivity index (χ2n) is 4.06. The van der Waals surface area contributed by atoms with Crippen LogP contribution >= 0.6 is 0 Å². The van der Waals surface area contributed by atoms with E-state index >= 15 is 0 Å². The first kappa shape index (κ1) is 11.5. The quantitative estimate of drug-likeness (QED) is 0.729. The summed E-state index contributed by atoms with van der Waals surface area (Å²) in [6.07, 6.45) is 6.88. The molecule has 1 atom stereocenters. The fourth-order valence-electron chi connectivity index (χ4n) is 1.96. The van der Waals surface area contributed by atoms with E-state index in [-0.39, 0.29) is 12.1 Å². The van der Waals surface area contributed by atoms with Crippen LogP contribution in [0.4, 0.5) is 4.79 Å². The molecule has 1 unspecified atom stereocenters. The summed E-state index contributed by atoms with van der Waals surface area (Å²) in [7, 11) is 0. The lowest BCUT2D eigenvalue weighted by atomic mass is 10.2. The van der Waals surface area contributed by atoms with Gasteiger partial charge in [-0.2, -0.15) is 0 Å². The molecule has 1 fully saturated rings. The molecule has 0 aliphatic carbocycles. The van der Waals surface area contributed by atoms with Gasteiger partial charge in [0.2, 0.25) is 0 Å². The fourth-order valence-corrected chi connectivity index (χ4v) is 1.96. The first-order valence-electron chi connectivity index (χ1n) is 5.74. The van der Waals surface area contributed by atoms with Crippen molar-refractivity contribution in [3.63, 3.8) is 0 Å². The second-order valence-corrected chi connectivity index (χ2v) is 4.06. The Morgan fingerprint density at radius 1 is 1.47 bits per heavy atom. The van der Waals surface area contributed by atoms with Crippen molar-refractivity contribution < 1.29 is 9.53 Å². The van der Waals surface area contributed by atoms with Crippen LogP contribution in [0.3, 0.4) is 0 Å². The van der Waals surface area contributed by atoms with Crippen LogP contribution in [-0.4, -0.2) is 23.6 Å². The van der Waals surface area contributed by atoms with E-state index in [2.05, 4.69) is 5.92 Å². The molecule has 2 rings (SSSR count). The molecule has 1 aromatic rings. The molecule has 1 amide bonds. The maximum Gasteiger partial charge on any atom is 0.411 e. The number of benzene rings is 1. The van der Waals surface area contributed by atoms with E-state index in [0.29, 0.717) is 13.2 Å². The van der Waals surface area contributed by atoms with Gasteiger partial charge >= 0.3 is 6.09 Å². The highest BCUT2D eigenvalue weighted by Gasteiger charge is 2.28. The topological polar surface area (TPSA) is 29.5 Å². The van der Waals surface area contributed by atoms with Crippen molar-refractivity contribution >= 4 is 6.09 Å². The van der Waals surface area contributed by atoms with Gasteiger partial charge in [-0.15, -0.1) is 6.42 Å². The highest BCUT2D eigenvalue weighted by atomic mass is 16.6. The van der Waals surface area contributed by atoms with Crippen LogP contribution in [0.2, 0.25) is 0 Å². The average Bonchev–Trinajstić information content (AvgIpc) is 2.85. The fraction of sp³-hybridized carbons (Fsp3) is 0.357. The summed E-state index contributed by atoms with van der Waals surface area (Å²) in [5.74, 6) is 2.62. The molecule has 0 spiro atoms. The molecule has 17 heavy (non-hydrogen) atoms. The summed E-state index contributed by atoms with van der Waals surface area (Å²) in [5.41, 5.74) is 0.984. The summed E-state index contributed by atoms with van der Waals surface area (Å²) >= 11 is 0. The van der Waals surface area contributed by atoms with E-state index < -0.39 is 0 Å². The lowest BCUT2D eigenvalue weighted by Gasteiger charge is -2.19. The van der Waals surface area contributed by atoms with Gasteiger partial charge < -0.3 is 4.74 Å². The zero-order chi connectivity index (χ0) is 12.1. The Hall–Kier alpha value is -1.95. The normalized spacial score (nSPS) is 18.8. The molecule has 1 saturated heterocycles. The molecule has 1 aliphatic heterocycles. The molecular formula is C14H15NO2. The van der Waals surface area contributed by atoms with E-state index in [1.807, 2.05) is 30.3 Å². The predicted octanol–water partition coefficient (Wildman–Crippen LogP) is 2.42. The zero-order valence-electron chi connectivity index (χ0n) is 9.63. The third-order valence-corrected chi connectivity index (χ3v) is 2.88. The minimum absolute atomic E-state index is 0.0988. The molecule has 0 N–H and O–H groups in total. The number of terminal acetylenes is 1. The molecule has 3 nitrogen and oxygen atoms in total. The van der Waals surface area contributed by atoms with E-state index in [1.165, 1.54) is 0 Å². The Bertz CT molecular complexity index is 422. The number of amides is 1. The molecule has 0 saturated carbocycles. The molecule has 0 radical (unpaired) electrons. The molecule has 1 aliphatic rings. The summed E-state index contributed by atoms with van der Waals surface area (Å²) in [6, 6.07) is 9.52. The van der Waals surface area contributed by atoms with Crippen molar-refractivity contribution in [2.24, 2.45) is 0 Å². The molecule has 0 bridgehead atoms. The van der Waals surface area contributed by atoms with Crippen LogP contribution in [0.25, 0.3) is 0 Å². The van der Waals surface area contributed by atoms with Gasteiger partial charge in [-0.05, 0) is 18.4 Å². The minimum atomic E-state index is -0.311. The number of ether oxygens (including phenoxy) is 1. The zero-order valence-corrected chi connectivity index (χ0v) is 9.63. The smallest absolute Gasteiger partial charge is 0.411 e. The first-order chi connectivity index (χ1) is 8.31. The number of carbonyl (C=O) groups is 1. The van der Waals surface area contributed by atoms with Gasteiger partial charge in [0.05, 0.1) is 6.04 Å². The Morgan fingerprint density at radius 2 is 2.24 bits per heavy atom. The van der Waals surface area contributed by atoms with Gasteiger partial charge in [0.25, 0.3) is 0 Å². The van der Waals surface area contributed by atoms with E-state index in [1.54, 1.807) is 4.90 Å². The number of likely N-dealkylation sites (tertiary alicyclic amines) is 1. The maximum absolute atomic E-state index is 11.8. The van der Waals surface area contributed by atoms with Crippen molar-refractivity contribution in [1.82, 2.24) is 4.90 Å². The Labute approximate surface area is 101 Å². The molecule has 3 heteroatoms. The molecular weight excluding hydrogens is 214 g/mol. The van der Waals surface area contributed by atoms with E-state index in [9.17, 15) is 4.79 Å².